The Bertz CT molecular complexity index is 333. The van der Waals surface area contributed by atoms with Gasteiger partial charge in [0.15, 0.2) is 0 Å². The fourth-order valence-corrected chi connectivity index (χ4v) is 1.40. The van der Waals surface area contributed by atoms with Crippen molar-refractivity contribution < 1.29 is 9.53 Å². The summed E-state index contributed by atoms with van der Waals surface area (Å²) in [4.78, 5) is 11.4. The van der Waals surface area contributed by atoms with Crippen molar-refractivity contribution in [2.24, 2.45) is 5.73 Å². The number of carbonyl (C=O) groups is 1. The lowest BCUT2D eigenvalue weighted by molar-refractivity contribution is -0.125. The Balaban J connectivity index is 0.00000289. The molecule has 0 radical (unpaired) electrons. The Morgan fingerprint density at radius 2 is 2.06 bits per heavy atom. The Kier molecular flexibility index (Phi) is 9.28. The predicted molar refractivity (Wildman–Crippen MR) is 74.7 cm³/mol. The zero-order chi connectivity index (χ0) is 12.5. The van der Waals surface area contributed by atoms with Crippen LogP contribution in [0, 0.1) is 0 Å². The second kappa shape index (κ2) is 9.88. The van der Waals surface area contributed by atoms with Crippen molar-refractivity contribution in [1.29, 1.82) is 0 Å². The first kappa shape index (κ1) is 16.9. The molecule has 102 valence electrons. The number of rotatable bonds is 7. The number of hydrogen-bond donors (Lipinski definition) is 2. The molecule has 0 aromatic heterocycles. The number of nitrogens with two attached hydrogens (primary N) is 1. The van der Waals surface area contributed by atoms with E-state index in [1.54, 1.807) is 0 Å². The molecular weight excluding hydrogens is 252 g/mol. The van der Waals surface area contributed by atoms with Crippen molar-refractivity contribution in [3.05, 3.63) is 35.9 Å². The number of nitrogens with one attached hydrogen (secondary N) is 1. The van der Waals surface area contributed by atoms with E-state index in [9.17, 15) is 4.79 Å². The standard InChI is InChI=1S/C13H20N2O2.ClH/c1-2-8-17-10-13(16)15-9-12(14)11-6-4-3-5-7-11;/h3-7,12H,2,8-10,14H2,1H3,(H,15,16);1H. The summed E-state index contributed by atoms with van der Waals surface area (Å²) in [6.45, 7) is 3.15. The molecule has 3 N–H and O–H groups in total. The number of benzene rings is 1. The Morgan fingerprint density at radius 1 is 1.39 bits per heavy atom. The summed E-state index contributed by atoms with van der Waals surface area (Å²) in [6, 6.07) is 9.52. The molecule has 1 rings (SSSR count). The minimum Gasteiger partial charge on any atom is -0.372 e. The van der Waals surface area contributed by atoms with E-state index in [4.69, 9.17) is 10.5 Å². The first-order chi connectivity index (χ1) is 8.24. The minimum absolute atomic E-state index is 0. The largest absolute Gasteiger partial charge is 0.372 e. The van der Waals surface area contributed by atoms with Gasteiger partial charge >= 0.3 is 0 Å². The lowest BCUT2D eigenvalue weighted by atomic mass is 10.1. The zero-order valence-electron chi connectivity index (χ0n) is 10.6. The molecule has 0 saturated heterocycles. The fraction of sp³-hybridized carbons (Fsp3) is 0.462. The average molecular weight is 273 g/mol. The minimum atomic E-state index is -0.175. The van der Waals surface area contributed by atoms with E-state index in [0.29, 0.717) is 13.2 Å². The van der Waals surface area contributed by atoms with Gasteiger partial charge in [-0.3, -0.25) is 4.79 Å². The summed E-state index contributed by atoms with van der Waals surface area (Å²) in [7, 11) is 0. The van der Waals surface area contributed by atoms with Gasteiger partial charge in [-0.2, -0.15) is 0 Å². The number of amides is 1. The lowest BCUT2D eigenvalue weighted by Gasteiger charge is -2.13. The van der Waals surface area contributed by atoms with Crippen molar-refractivity contribution in [3.8, 4) is 0 Å². The van der Waals surface area contributed by atoms with Crippen LogP contribution in [-0.2, 0) is 9.53 Å². The normalized spacial score (nSPS) is 11.4. The van der Waals surface area contributed by atoms with Crippen LogP contribution in [0.5, 0.6) is 0 Å². The third kappa shape index (κ3) is 6.59. The molecular formula is C13H21ClN2O2. The third-order valence-corrected chi connectivity index (χ3v) is 2.33. The quantitative estimate of drug-likeness (QED) is 0.742. The van der Waals surface area contributed by atoms with E-state index in [-0.39, 0.29) is 31.0 Å². The summed E-state index contributed by atoms with van der Waals surface area (Å²) in [5.41, 5.74) is 6.96. The highest BCUT2D eigenvalue weighted by atomic mass is 35.5. The van der Waals surface area contributed by atoms with Crippen LogP contribution in [0.2, 0.25) is 0 Å². The summed E-state index contributed by atoms with van der Waals surface area (Å²) in [5.74, 6) is -0.121. The third-order valence-electron chi connectivity index (χ3n) is 2.33. The maximum atomic E-state index is 11.4. The molecule has 0 bridgehead atoms. The highest BCUT2D eigenvalue weighted by Crippen LogP contribution is 2.07. The molecule has 1 atom stereocenters. The van der Waals surface area contributed by atoms with E-state index in [1.165, 1.54) is 0 Å². The van der Waals surface area contributed by atoms with Crippen LogP contribution in [0.1, 0.15) is 24.9 Å². The van der Waals surface area contributed by atoms with Crippen molar-refractivity contribution >= 4 is 18.3 Å². The summed E-state index contributed by atoms with van der Waals surface area (Å²) in [5, 5.41) is 2.75. The molecule has 18 heavy (non-hydrogen) atoms. The van der Waals surface area contributed by atoms with Gasteiger partial charge in [0.2, 0.25) is 5.91 Å². The van der Waals surface area contributed by atoms with Gasteiger partial charge in [-0.25, -0.2) is 0 Å². The van der Waals surface area contributed by atoms with Crippen molar-refractivity contribution in [2.75, 3.05) is 19.8 Å². The average Bonchev–Trinajstić information content (AvgIpc) is 2.37. The number of hydrogen-bond acceptors (Lipinski definition) is 3. The van der Waals surface area contributed by atoms with E-state index in [0.717, 1.165) is 12.0 Å². The Morgan fingerprint density at radius 3 is 2.67 bits per heavy atom. The van der Waals surface area contributed by atoms with Crippen LogP contribution < -0.4 is 11.1 Å². The molecule has 0 aliphatic carbocycles. The number of halogens is 1. The molecule has 4 nitrogen and oxygen atoms in total. The molecule has 1 aromatic carbocycles. The predicted octanol–water partition coefficient (Wildman–Crippen LogP) is 1.65. The zero-order valence-corrected chi connectivity index (χ0v) is 11.4. The lowest BCUT2D eigenvalue weighted by Crippen LogP contribution is -2.34. The van der Waals surface area contributed by atoms with Gasteiger partial charge in [-0.05, 0) is 12.0 Å². The van der Waals surface area contributed by atoms with E-state index in [2.05, 4.69) is 5.32 Å². The molecule has 0 heterocycles. The van der Waals surface area contributed by atoms with Crippen LogP contribution in [0.15, 0.2) is 30.3 Å². The molecule has 0 aliphatic heterocycles. The number of carbonyl (C=O) groups excluding carboxylic acids is 1. The highest BCUT2D eigenvalue weighted by molar-refractivity contribution is 5.85. The highest BCUT2D eigenvalue weighted by Gasteiger charge is 2.07. The first-order valence-electron chi connectivity index (χ1n) is 5.89. The monoisotopic (exact) mass is 272 g/mol. The van der Waals surface area contributed by atoms with E-state index < -0.39 is 0 Å². The first-order valence-corrected chi connectivity index (χ1v) is 5.89. The van der Waals surface area contributed by atoms with E-state index >= 15 is 0 Å². The molecule has 0 fully saturated rings. The SMILES string of the molecule is CCCOCC(=O)NCC(N)c1ccccc1.Cl. The molecule has 0 saturated carbocycles. The second-order valence-corrected chi connectivity index (χ2v) is 3.87. The van der Waals surface area contributed by atoms with Crippen LogP contribution in [0.3, 0.4) is 0 Å². The van der Waals surface area contributed by atoms with Crippen LogP contribution >= 0.6 is 12.4 Å². The summed E-state index contributed by atoms with van der Waals surface area (Å²) >= 11 is 0. The molecule has 5 heteroatoms. The van der Waals surface area contributed by atoms with Crippen molar-refractivity contribution in [2.45, 2.75) is 19.4 Å². The molecule has 0 aliphatic rings. The van der Waals surface area contributed by atoms with Gasteiger partial charge in [0.05, 0.1) is 0 Å². The van der Waals surface area contributed by atoms with Crippen LogP contribution in [0.25, 0.3) is 0 Å². The molecule has 0 spiro atoms. The smallest absolute Gasteiger partial charge is 0.246 e. The molecule has 1 amide bonds. The van der Waals surface area contributed by atoms with Gasteiger partial charge in [-0.1, -0.05) is 37.3 Å². The summed E-state index contributed by atoms with van der Waals surface area (Å²) in [6.07, 6.45) is 0.914. The molecule has 1 unspecified atom stereocenters. The van der Waals surface area contributed by atoms with Crippen LogP contribution in [0.4, 0.5) is 0 Å². The topological polar surface area (TPSA) is 64.3 Å². The summed E-state index contributed by atoms with van der Waals surface area (Å²) < 4.78 is 5.13. The van der Waals surface area contributed by atoms with Crippen molar-refractivity contribution in [1.82, 2.24) is 5.32 Å². The maximum absolute atomic E-state index is 11.4. The van der Waals surface area contributed by atoms with Gasteiger partial charge in [0, 0.05) is 19.2 Å². The van der Waals surface area contributed by atoms with Gasteiger partial charge in [-0.15, -0.1) is 12.4 Å². The van der Waals surface area contributed by atoms with Crippen LogP contribution in [-0.4, -0.2) is 25.7 Å². The molecule has 1 aromatic rings. The Labute approximate surface area is 114 Å². The van der Waals surface area contributed by atoms with Gasteiger partial charge < -0.3 is 15.8 Å². The van der Waals surface area contributed by atoms with E-state index in [1.807, 2.05) is 37.3 Å². The maximum Gasteiger partial charge on any atom is 0.246 e. The van der Waals surface area contributed by atoms with Crippen molar-refractivity contribution in [3.63, 3.8) is 0 Å². The van der Waals surface area contributed by atoms with Gasteiger partial charge in [0.1, 0.15) is 6.61 Å². The van der Waals surface area contributed by atoms with Gasteiger partial charge in [0.25, 0.3) is 0 Å². The fourth-order valence-electron chi connectivity index (χ4n) is 1.40. The number of ether oxygens (including phenoxy) is 1. The second-order valence-electron chi connectivity index (χ2n) is 3.87. The Hall–Kier alpha value is -1.10.